The third kappa shape index (κ3) is 49.5. The van der Waals surface area contributed by atoms with Gasteiger partial charge in [0.2, 0.25) is 5.78 Å². The lowest BCUT2D eigenvalue weighted by atomic mass is 9.91. The molecule has 4 heterocycles. The summed E-state index contributed by atoms with van der Waals surface area (Å²) >= 11 is 0. The van der Waals surface area contributed by atoms with E-state index in [0.717, 1.165) is 23.0 Å². The summed E-state index contributed by atoms with van der Waals surface area (Å²) in [5, 5.41) is 29.1. The molecule has 0 bridgehead atoms. The smallest absolute Gasteiger partial charge is 0.211 e. The number of nitrogens with zero attached hydrogens (tertiary/aromatic N) is 4. The van der Waals surface area contributed by atoms with E-state index in [9.17, 15) is 14.8 Å². The van der Waals surface area contributed by atoms with E-state index >= 15 is 0 Å². The Morgan fingerprint density at radius 2 is 0.617 bits per heavy atom. The van der Waals surface area contributed by atoms with Gasteiger partial charge < -0.3 is 78.4 Å². The number of carbonyl (C=O) groups is 2. The SMILES string of the molecule is C.C=CS(=C)O.CC(C)(C)C(=O)C[S+]1CCCC1.CC1CCCCC1.CN(CCO)CCO.CN1CCN(C)CC1.O=C(C[S+]1CCCC1)c1ccccc1.[Br-].[Br-].[O-]ON1CCOCC1.c1ccc([S+](c2ccccc2)c2ccccc2)cc1.c1ccc([S+](c2ccccc2)c2ccccc2)cc1.c1ccc([S+](c2ccccc2)c2ccccc2)cc1.c1ccc([S+](c2ccccc2)c2ccccc2)cc1. The normalized spacial score (nSPS) is 14.3. The zero-order chi connectivity index (χ0) is 98.3. The molecule has 4 saturated heterocycles. The fourth-order valence-corrected chi connectivity index (χ4v) is 27.8. The topological polar surface area (TPSA) is 149 Å². The lowest BCUT2D eigenvalue weighted by Gasteiger charge is -2.28. The van der Waals surface area contributed by atoms with E-state index in [1.165, 1.54) is 176 Å². The van der Waals surface area contributed by atoms with E-state index in [-0.39, 0.29) is 104 Å². The number of Topliss-reactive ketones (excluding diaryl/α,β-unsaturated/α-hetero) is 2. The Bertz CT molecular complexity index is 4410. The van der Waals surface area contributed by atoms with Gasteiger partial charge >= 0.3 is 0 Å². The standard InChI is InChI=1S/4C18H15S.C12H15OS.C10H19OS.C7H14.C6H14N2.C5H13NO2.C4H9NO3.C3H6OS.CH4.2BrH/c4*1-4-10-16(11-5-1)19(17-12-6-2-7-13-17)18-14-8-3-9-15-18;13-12(10-14-8-4-5-9-14)11-6-2-1-3-7-11;1-10(2,3)9(11)8-12-6-4-5-7-12;1-7-5-3-2-4-6-7;1-7-3-5-8(2)6-4-7;1-6(2-4-7)3-5-8;6-8-5-1-3-7-4-2-5;1-3-5(2)4;;;/h4*1-15H;1-3,6-7H,4-5,8-10H2;4-8H2,1-3H3;7H,2-6H2,1H3;3-6H2,1-2H3;7-8H,2-5H2,1H3;6H,1-4H2;3-4H,1-2H2;1H4;2*1H/q6*+1;;;;;;;;/p-3. The summed E-state index contributed by atoms with van der Waals surface area (Å²) in [5.41, 5.74) is 0.766. The zero-order valence-electron chi connectivity index (χ0n) is 83.0. The van der Waals surface area contributed by atoms with Crippen molar-refractivity contribution in [2.75, 3.05) is 134 Å². The molecule has 5 aliphatic rings. The van der Waals surface area contributed by atoms with Crippen LogP contribution in [0.2, 0.25) is 0 Å². The number of aliphatic hydroxyl groups excluding tert-OH is 2. The molecule has 1 saturated carbocycles. The van der Waals surface area contributed by atoms with Crippen LogP contribution in [0.5, 0.6) is 0 Å². The molecule has 1 aliphatic carbocycles. The highest BCUT2D eigenvalue weighted by molar-refractivity contribution is 8.11. The Balaban J connectivity index is 0.000000279. The molecule has 13 aromatic carbocycles. The van der Waals surface area contributed by atoms with Gasteiger partial charge in [0.05, 0.1) is 70.0 Å². The molecule has 12 nitrogen and oxygen atoms in total. The maximum atomic E-state index is 11.8. The summed E-state index contributed by atoms with van der Waals surface area (Å²) < 4.78 is 13.1. The summed E-state index contributed by atoms with van der Waals surface area (Å²) in [6, 6.07) is 138. The van der Waals surface area contributed by atoms with Crippen molar-refractivity contribution in [3.63, 3.8) is 0 Å². The number of likely N-dealkylation sites (N-methyl/N-ethyl adjacent to an activating group) is 3. The number of morpholine rings is 1. The number of hydroxylamine groups is 2. The van der Waals surface area contributed by atoms with Crippen molar-refractivity contribution in [3.05, 3.63) is 412 Å². The first-order valence-corrected chi connectivity index (χ1v) is 57.9. The van der Waals surface area contributed by atoms with E-state index in [1.54, 1.807) is 0 Å². The third-order valence-electron chi connectivity index (χ3n) is 22.4. The number of ketones is 2. The monoisotopic (exact) mass is 2160 g/mol. The molecule has 0 aromatic heterocycles. The number of ether oxygens (including phenoxy) is 1. The molecular weight excluding hydrogens is 2010 g/mol. The van der Waals surface area contributed by atoms with Gasteiger partial charge in [-0.1, -0.05) is 323 Å². The maximum Gasteiger partial charge on any atom is 0.211 e. The van der Waals surface area contributed by atoms with Gasteiger partial charge in [0, 0.05) is 63.3 Å². The summed E-state index contributed by atoms with van der Waals surface area (Å²) in [5.74, 6) is 11.8. The minimum absolute atomic E-state index is 0. The number of rotatable bonds is 23. The van der Waals surface area contributed by atoms with Gasteiger partial charge in [-0.2, -0.15) is 5.06 Å². The molecule has 3 N–H and O–H groups in total. The van der Waals surface area contributed by atoms with Crippen LogP contribution in [0.4, 0.5) is 0 Å². The maximum absolute atomic E-state index is 11.8. The summed E-state index contributed by atoms with van der Waals surface area (Å²) in [4.78, 5) is 50.0. The highest BCUT2D eigenvalue weighted by atomic mass is 79.9. The second-order valence-corrected chi connectivity index (χ2v) is 48.4. The molecule has 0 amide bonds. The van der Waals surface area contributed by atoms with E-state index in [4.69, 9.17) is 19.5 Å². The van der Waals surface area contributed by atoms with Crippen molar-refractivity contribution in [1.82, 2.24) is 19.8 Å². The Kier molecular flexibility index (Phi) is 65.3. The predicted octanol–water partition coefficient (Wildman–Crippen LogP) is 19.2. The number of benzene rings is 13. The van der Waals surface area contributed by atoms with Crippen LogP contribution in [-0.2, 0) is 79.9 Å². The summed E-state index contributed by atoms with van der Waals surface area (Å²) in [6.07, 6.45) is 12.8. The second-order valence-electron chi connectivity index (χ2n) is 34.5. The Hall–Kier alpha value is -8.18. The summed E-state index contributed by atoms with van der Waals surface area (Å²) in [7, 11) is 6.17. The first-order valence-electron chi connectivity index (χ1n) is 48.1. The lowest BCUT2D eigenvalue weighted by molar-refractivity contribution is -0.754. The third-order valence-corrected chi connectivity index (χ3v) is 36.5. The Morgan fingerprint density at radius 1 is 0.404 bits per heavy atom. The molecule has 754 valence electrons. The van der Waals surface area contributed by atoms with Gasteiger partial charge in [-0.15, -0.1) is 0 Å². The van der Waals surface area contributed by atoms with Crippen LogP contribution < -0.4 is 39.2 Å². The molecule has 0 spiro atoms. The highest BCUT2D eigenvalue weighted by Crippen LogP contribution is 2.36. The number of halogens is 2. The van der Waals surface area contributed by atoms with Crippen LogP contribution in [-0.4, -0.2) is 186 Å². The molecule has 21 heteroatoms. The van der Waals surface area contributed by atoms with Gasteiger partial charge in [-0.25, -0.2) is 0 Å². The highest BCUT2D eigenvalue weighted by Gasteiger charge is 2.35. The fraction of sp³-hybridized carbons (Fsp3) is 0.308. The minimum Gasteiger partial charge on any atom is -1.00 e. The molecular formula is C120H153Br2N4O8S7+3. The van der Waals surface area contributed by atoms with E-state index in [1.807, 2.05) is 63.1 Å². The molecule has 13 aromatic rings. The quantitative estimate of drug-likeness (QED) is 0.0184. The van der Waals surface area contributed by atoms with Crippen LogP contribution in [0.25, 0.3) is 0 Å². The number of piperazine rings is 1. The van der Waals surface area contributed by atoms with Crippen LogP contribution in [0, 0.1) is 11.3 Å². The predicted molar refractivity (Wildman–Crippen MR) is 600 cm³/mol. The molecule has 18 rings (SSSR count). The first-order chi connectivity index (χ1) is 67.3. The number of hydrogen-bond donors (Lipinski definition) is 3. The van der Waals surface area contributed by atoms with Gasteiger partial charge in [-0.3, -0.25) is 9.59 Å². The first kappa shape index (κ1) is 123. The van der Waals surface area contributed by atoms with Crippen LogP contribution in [0.3, 0.4) is 0 Å². The number of hydrogen-bond acceptors (Lipinski definition) is 12. The van der Waals surface area contributed by atoms with Gasteiger partial charge in [0.15, 0.2) is 76.0 Å². The zero-order valence-corrected chi connectivity index (χ0v) is 91.9. The largest absolute Gasteiger partial charge is 1.00 e. The molecule has 141 heavy (non-hydrogen) atoms. The fourth-order valence-electron chi connectivity index (χ4n) is 14.6. The van der Waals surface area contributed by atoms with Crippen molar-refractivity contribution in [1.29, 1.82) is 0 Å². The molecule has 1 atom stereocenters. The average Bonchev–Trinajstić information content (AvgIpc) is 1.08. The van der Waals surface area contributed by atoms with Crippen molar-refractivity contribution in [2.24, 2.45) is 11.3 Å². The van der Waals surface area contributed by atoms with E-state index in [0.29, 0.717) is 72.7 Å². The van der Waals surface area contributed by atoms with Crippen molar-refractivity contribution < 1.29 is 73.3 Å². The number of carbonyl (C=O) groups excluding carboxylic acids is 2. The van der Waals surface area contributed by atoms with Crippen molar-refractivity contribution >= 4 is 93.6 Å². The number of aliphatic hydroxyl groups is 2. The minimum atomic E-state index is -0.809. The van der Waals surface area contributed by atoms with Crippen LogP contribution in [0.15, 0.2) is 465 Å². The average molecular weight is 2160 g/mol. The van der Waals surface area contributed by atoms with Crippen molar-refractivity contribution in [2.45, 2.75) is 152 Å². The van der Waals surface area contributed by atoms with Crippen LogP contribution >= 0.6 is 10.8 Å². The van der Waals surface area contributed by atoms with Crippen molar-refractivity contribution in [3.8, 4) is 0 Å². The van der Waals surface area contributed by atoms with E-state index in [2.05, 4.69) is 412 Å². The van der Waals surface area contributed by atoms with Gasteiger partial charge in [0.1, 0.15) is 23.0 Å². The Morgan fingerprint density at radius 3 is 0.794 bits per heavy atom. The molecule has 1 unspecified atom stereocenters. The second kappa shape index (κ2) is 74.7. The van der Waals surface area contributed by atoms with Gasteiger partial charge in [-0.05, 0) is 242 Å². The summed E-state index contributed by atoms with van der Waals surface area (Å²) in [6.45, 7) is 20.6. The Labute approximate surface area is 888 Å². The molecule has 5 fully saturated rings. The van der Waals surface area contributed by atoms with Crippen LogP contribution in [0.1, 0.15) is 103 Å². The van der Waals surface area contributed by atoms with Gasteiger partial charge in [0.25, 0.3) is 0 Å². The molecule has 0 radical (unpaired) electrons. The lowest BCUT2D eigenvalue weighted by Crippen LogP contribution is -3.00. The van der Waals surface area contributed by atoms with E-state index < -0.39 is 10.8 Å². The molecule has 4 aliphatic heterocycles.